The van der Waals surface area contributed by atoms with Gasteiger partial charge < -0.3 is 25.0 Å². The first-order valence-corrected chi connectivity index (χ1v) is 12.1. The molecule has 0 saturated carbocycles. The number of amides is 2. The normalized spacial score (nSPS) is 15.0. The van der Waals surface area contributed by atoms with E-state index >= 15 is 0 Å². The second kappa shape index (κ2) is 10.3. The standard InChI is InChI=1S/C28H28FN3O4/c1-18-10-12-32(13-11-18)24-8-7-22(31-27(33)20-4-9-25-26(14-20)36-17-35-25)15-23(24)28(34)30-16-19-2-5-21(29)6-3-19/h2-9,14-15,18H,10-13,16-17H2,1H3,(H,30,34)(H,31,33). The molecule has 2 heterocycles. The number of benzene rings is 3. The van der Waals surface area contributed by atoms with Crippen molar-refractivity contribution in [3.8, 4) is 11.5 Å². The first-order chi connectivity index (χ1) is 17.5. The highest BCUT2D eigenvalue weighted by Gasteiger charge is 2.22. The van der Waals surface area contributed by atoms with Crippen LogP contribution in [0.1, 0.15) is 46.0 Å². The molecule has 0 aromatic heterocycles. The summed E-state index contributed by atoms with van der Waals surface area (Å²) in [6.45, 7) is 4.37. The van der Waals surface area contributed by atoms with E-state index in [1.165, 1.54) is 12.1 Å². The zero-order valence-electron chi connectivity index (χ0n) is 20.1. The van der Waals surface area contributed by atoms with Crippen molar-refractivity contribution in [1.82, 2.24) is 5.32 Å². The van der Waals surface area contributed by atoms with Gasteiger partial charge in [0, 0.05) is 36.6 Å². The number of nitrogens with one attached hydrogen (secondary N) is 2. The minimum absolute atomic E-state index is 0.132. The molecule has 0 bridgehead atoms. The molecule has 5 rings (SSSR count). The van der Waals surface area contributed by atoms with Crippen molar-refractivity contribution in [1.29, 1.82) is 0 Å². The van der Waals surface area contributed by atoms with Crippen LogP contribution in [-0.2, 0) is 6.54 Å². The van der Waals surface area contributed by atoms with Gasteiger partial charge in [0.1, 0.15) is 5.82 Å². The Labute approximate surface area is 209 Å². The van der Waals surface area contributed by atoms with Gasteiger partial charge in [-0.25, -0.2) is 4.39 Å². The van der Waals surface area contributed by atoms with Crippen LogP contribution in [0.2, 0.25) is 0 Å². The third kappa shape index (κ3) is 5.27. The molecular weight excluding hydrogens is 461 g/mol. The Kier molecular flexibility index (Phi) is 6.75. The minimum atomic E-state index is -0.322. The maximum Gasteiger partial charge on any atom is 0.255 e. The fourth-order valence-corrected chi connectivity index (χ4v) is 4.44. The predicted octanol–water partition coefficient (Wildman–Crippen LogP) is 4.97. The molecule has 8 heteroatoms. The molecule has 0 atom stereocenters. The number of carbonyl (C=O) groups is 2. The smallest absolute Gasteiger partial charge is 0.255 e. The summed E-state index contributed by atoms with van der Waals surface area (Å²) < 4.78 is 23.9. The fraction of sp³-hybridized carbons (Fsp3) is 0.286. The molecule has 36 heavy (non-hydrogen) atoms. The van der Waals surface area contributed by atoms with Gasteiger partial charge in [-0.3, -0.25) is 9.59 Å². The van der Waals surface area contributed by atoms with Crippen LogP contribution in [0.5, 0.6) is 11.5 Å². The van der Waals surface area contributed by atoms with E-state index in [0.29, 0.717) is 34.2 Å². The van der Waals surface area contributed by atoms with Crippen LogP contribution in [0.3, 0.4) is 0 Å². The van der Waals surface area contributed by atoms with E-state index in [1.807, 2.05) is 12.1 Å². The first-order valence-electron chi connectivity index (χ1n) is 12.1. The molecule has 2 amide bonds. The highest BCUT2D eigenvalue weighted by Crippen LogP contribution is 2.33. The van der Waals surface area contributed by atoms with Crippen molar-refractivity contribution in [2.45, 2.75) is 26.3 Å². The lowest BCUT2D eigenvalue weighted by molar-refractivity contribution is 0.0950. The number of rotatable bonds is 6. The van der Waals surface area contributed by atoms with Crippen molar-refractivity contribution in [2.24, 2.45) is 5.92 Å². The Morgan fingerprint density at radius 3 is 2.47 bits per heavy atom. The van der Waals surface area contributed by atoms with Crippen molar-refractivity contribution in [3.63, 3.8) is 0 Å². The molecule has 0 unspecified atom stereocenters. The second-order valence-corrected chi connectivity index (χ2v) is 9.23. The summed E-state index contributed by atoms with van der Waals surface area (Å²) in [5.41, 5.74) is 3.05. The lowest BCUT2D eigenvalue weighted by Gasteiger charge is -2.33. The third-order valence-electron chi connectivity index (χ3n) is 6.62. The maximum atomic E-state index is 13.3. The van der Waals surface area contributed by atoms with Gasteiger partial charge in [0.05, 0.1) is 5.56 Å². The SMILES string of the molecule is CC1CCN(c2ccc(NC(=O)c3ccc4c(c3)OCO4)cc2C(=O)NCc2ccc(F)cc2)CC1. The quantitative estimate of drug-likeness (QED) is 0.511. The zero-order valence-corrected chi connectivity index (χ0v) is 20.1. The Morgan fingerprint density at radius 2 is 1.69 bits per heavy atom. The third-order valence-corrected chi connectivity index (χ3v) is 6.62. The maximum absolute atomic E-state index is 13.3. The van der Waals surface area contributed by atoms with Crippen LogP contribution in [0, 0.1) is 11.7 Å². The Bertz CT molecular complexity index is 1270. The van der Waals surface area contributed by atoms with E-state index in [-0.39, 0.29) is 31.0 Å². The molecular formula is C28H28FN3O4. The first kappa shape index (κ1) is 23.7. The average molecular weight is 490 g/mol. The van der Waals surface area contributed by atoms with E-state index in [9.17, 15) is 14.0 Å². The van der Waals surface area contributed by atoms with Gasteiger partial charge in [0.15, 0.2) is 11.5 Å². The number of nitrogens with zero attached hydrogens (tertiary/aromatic N) is 1. The van der Waals surface area contributed by atoms with E-state index in [2.05, 4.69) is 22.5 Å². The minimum Gasteiger partial charge on any atom is -0.454 e. The zero-order chi connectivity index (χ0) is 25.1. The van der Waals surface area contributed by atoms with Crippen LogP contribution in [0.4, 0.5) is 15.8 Å². The van der Waals surface area contributed by atoms with Crippen LogP contribution in [-0.4, -0.2) is 31.7 Å². The van der Waals surface area contributed by atoms with Gasteiger partial charge in [-0.15, -0.1) is 0 Å². The molecule has 1 fully saturated rings. The average Bonchev–Trinajstić information content (AvgIpc) is 3.37. The van der Waals surface area contributed by atoms with Gasteiger partial charge in [0.25, 0.3) is 11.8 Å². The number of anilines is 2. The molecule has 3 aromatic carbocycles. The summed E-state index contributed by atoms with van der Waals surface area (Å²) in [5.74, 6) is 0.887. The van der Waals surface area contributed by atoms with Gasteiger partial charge in [0.2, 0.25) is 6.79 Å². The molecule has 2 aliphatic heterocycles. The summed E-state index contributed by atoms with van der Waals surface area (Å²) in [7, 11) is 0. The summed E-state index contributed by atoms with van der Waals surface area (Å²) >= 11 is 0. The lowest BCUT2D eigenvalue weighted by atomic mass is 9.97. The molecule has 7 nitrogen and oxygen atoms in total. The van der Waals surface area contributed by atoms with E-state index < -0.39 is 0 Å². The van der Waals surface area contributed by atoms with Crippen LogP contribution in [0.15, 0.2) is 60.7 Å². The molecule has 1 saturated heterocycles. The fourth-order valence-electron chi connectivity index (χ4n) is 4.44. The predicted molar refractivity (Wildman–Crippen MR) is 135 cm³/mol. The second-order valence-electron chi connectivity index (χ2n) is 9.23. The van der Waals surface area contributed by atoms with Gasteiger partial charge in [-0.1, -0.05) is 19.1 Å². The van der Waals surface area contributed by atoms with Crippen molar-refractivity contribution >= 4 is 23.2 Å². The Morgan fingerprint density at radius 1 is 0.944 bits per heavy atom. The number of carbonyl (C=O) groups excluding carboxylic acids is 2. The topological polar surface area (TPSA) is 79.9 Å². The molecule has 0 spiro atoms. The molecule has 186 valence electrons. The lowest BCUT2D eigenvalue weighted by Crippen LogP contribution is -2.35. The largest absolute Gasteiger partial charge is 0.454 e. The highest BCUT2D eigenvalue weighted by atomic mass is 19.1. The highest BCUT2D eigenvalue weighted by molar-refractivity contribution is 6.06. The number of piperidine rings is 1. The summed E-state index contributed by atoms with van der Waals surface area (Å²) in [6.07, 6.45) is 2.11. The molecule has 2 aliphatic rings. The number of halogens is 1. The summed E-state index contributed by atoms with van der Waals surface area (Å²) in [6, 6.07) is 16.4. The van der Waals surface area contributed by atoms with Gasteiger partial charge in [-0.05, 0) is 72.9 Å². The molecule has 0 radical (unpaired) electrons. The molecule has 3 aromatic rings. The van der Waals surface area contributed by atoms with Crippen LogP contribution in [0.25, 0.3) is 0 Å². The van der Waals surface area contributed by atoms with Crippen molar-refractivity contribution in [3.05, 3.63) is 83.2 Å². The number of ether oxygens (including phenoxy) is 2. The number of fused-ring (bicyclic) bond motifs is 1. The summed E-state index contributed by atoms with van der Waals surface area (Å²) in [4.78, 5) is 28.4. The number of hydrogen-bond donors (Lipinski definition) is 2. The van der Waals surface area contributed by atoms with Crippen molar-refractivity contribution in [2.75, 3.05) is 30.1 Å². The van der Waals surface area contributed by atoms with Crippen molar-refractivity contribution < 1.29 is 23.5 Å². The Hall–Kier alpha value is -4.07. The molecule has 2 N–H and O–H groups in total. The van der Waals surface area contributed by atoms with Gasteiger partial charge in [-0.2, -0.15) is 0 Å². The van der Waals surface area contributed by atoms with Crippen LogP contribution >= 0.6 is 0 Å². The monoisotopic (exact) mass is 489 g/mol. The van der Waals surface area contributed by atoms with Gasteiger partial charge >= 0.3 is 0 Å². The Balaban J connectivity index is 1.37. The van der Waals surface area contributed by atoms with E-state index in [4.69, 9.17) is 9.47 Å². The summed E-state index contributed by atoms with van der Waals surface area (Å²) in [5, 5.41) is 5.82. The molecule has 0 aliphatic carbocycles. The van der Waals surface area contributed by atoms with Crippen LogP contribution < -0.4 is 25.0 Å². The van der Waals surface area contributed by atoms with E-state index in [1.54, 1.807) is 36.4 Å². The number of hydrogen-bond acceptors (Lipinski definition) is 5. The van der Waals surface area contributed by atoms with E-state index in [0.717, 1.165) is 37.2 Å².